The molecule has 0 radical (unpaired) electrons. The zero-order valence-electron chi connectivity index (χ0n) is 9.38. The molecule has 0 spiro atoms. The van der Waals surface area contributed by atoms with Crippen LogP contribution in [0.15, 0.2) is 6.20 Å². The number of aryl methyl sites for hydroxylation is 2. The Labute approximate surface area is 94.9 Å². The second kappa shape index (κ2) is 4.15. The lowest BCUT2D eigenvalue weighted by Gasteiger charge is -2.25. The fourth-order valence-corrected chi connectivity index (χ4v) is 2.88. The Morgan fingerprint density at radius 3 is 2.88 bits per heavy atom. The number of rotatable bonds is 2. The van der Waals surface area contributed by atoms with Crippen LogP contribution in [-0.2, 0) is 28.4 Å². The number of hydrogen-bond acceptors (Lipinski definition) is 4. The standard InChI is InChI=1S/C9H15N3O3S/c1-8-9(5-11(2)10-8)6-12-3-4-15-7-16(12,13)14/h5H,3-4,6-7H2,1-2H3. The third-order valence-electron chi connectivity index (χ3n) is 2.57. The van der Waals surface area contributed by atoms with E-state index in [-0.39, 0.29) is 5.94 Å². The molecule has 1 fully saturated rings. The van der Waals surface area contributed by atoms with Crippen molar-refractivity contribution in [2.75, 3.05) is 19.1 Å². The Bertz CT molecular complexity index is 480. The largest absolute Gasteiger partial charge is 0.363 e. The van der Waals surface area contributed by atoms with E-state index in [1.165, 1.54) is 4.31 Å². The van der Waals surface area contributed by atoms with E-state index in [2.05, 4.69) is 5.10 Å². The summed E-state index contributed by atoms with van der Waals surface area (Å²) in [6.45, 7) is 3.13. The highest BCUT2D eigenvalue weighted by Gasteiger charge is 2.27. The van der Waals surface area contributed by atoms with Crippen LogP contribution in [0.3, 0.4) is 0 Å². The maximum Gasteiger partial charge on any atom is 0.238 e. The third-order valence-corrected chi connectivity index (χ3v) is 4.14. The molecule has 1 aromatic heterocycles. The van der Waals surface area contributed by atoms with E-state index in [0.29, 0.717) is 19.7 Å². The Morgan fingerprint density at radius 2 is 2.31 bits per heavy atom. The summed E-state index contributed by atoms with van der Waals surface area (Å²) in [6, 6.07) is 0. The second-order valence-corrected chi connectivity index (χ2v) is 5.80. The van der Waals surface area contributed by atoms with Crippen LogP contribution < -0.4 is 0 Å². The van der Waals surface area contributed by atoms with Gasteiger partial charge in [0.05, 0.1) is 12.3 Å². The molecule has 90 valence electrons. The van der Waals surface area contributed by atoms with Gasteiger partial charge < -0.3 is 4.74 Å². The molecule has 0 bridgehead atoms. The van der Waals surface area contributed by atoms with Gasteiger partial charge in [-0.3, -0.25) is 4.68 Å². The summed E-state index contributed by atoms with van der Waals surface area (Å²) in [5, 5.41) is 4.19. The van der Waals surface area contributed by atoms with E-state index < -0.39 is 10.0 Å². The van der Waals surface area contributed by atoms with Crippen LogP contribution in [0.25, 0.3) is 0 Å². The molecule has 0 amide bonds. The van der Waals surface area contributed by atoms with Crippen molar-refractivity contribution in [2.24, 2.45) is 7.05 Å². The average molecular weight is 245 g/mol. The number of sulfonamides is 1. The normalized spacial score (nSPS) is 21.1. The van der Waals surface area contributed by atoms with E-state index >= 15 is 0 Å². The first-order valence-electron chi connectivity index (χ1n) is 5.04. The van der Waals surface area contributed by atoms with Crippen molar-refractivity contribution in [1.82, 2.24) is 14.1 Å². The van der Waals surface area contributed by atoms with Gasteiger partial charge in [0.2, 0.25) is 10.0 Å². The number of nitrogens with zero attached hydrogens (tertiary/aromatic N) is 3. The monoisotopic (exact) mass is 245 g/mol. The van der Waals surface area contributed by atoms with Crippen LogP contribution in [0.4, 0.5) is 0 Å². The quantitative estimate of drug-likeness (QED) is 0.726. The van der Waals surface area contributed by atoms with Gasteiger partial charge in [-0.1, -0.05) is 0 Å². The molecule has 16 heavy (non-hydrogen) atoms. The molecule has 7 heteroatoms. The third kappa shape index (κ3) is 2.26. The van der Waals surface area contributed by atoms with Gasteiger partial charge in [-0.2, -0.15) is 9.40 Å². The van der Waals surface area contributed by atoms with Crippen molar-refractivity contribution in [2.45, 2.75) is 13.5 Å². The zero-order valence-corrected chi connectivity index (χ0v) is 10.2. The number of ether oxygens (including phenoxy) is 1. The Balaban J connectivity index is 2.18. The SMILES string of the molecule is Cc1nn(C)cc1CN1CCOCS1(=O)=O. The summed E-state index contributed by atoms with van der Waals surface area (Å²) >= 11 is 0. The van der Waals surface area contributed by atoms with Crippen LogP contribution >= 0.6 is 0 Å². The Hall–Kier alpha value is -0.920. The highest BCUT2D eigenvalue weighted by Crippen LogP contribution is 2.15. The van der Waals surface area contributed by atoms with Crippen molar-refractivity contribution in [3.63, 3.8) is 0 Å². The minimum Gasteiger partial charge on any atom is -0.363 e. The predicted octanol–water partition coefficient (Wildman–Crippen LogP) is -0.152. The molecule has 2 heterocycles. The predicted molar refractivity (Wildman–Crippen MR) is 58.1 cm³/mol. The zero-order chi connectivity index (χ0) is 11.8. The van der Waals surface area contributed by atoms with Crippen molar-refractivity contribution < 1.29 is 13.2 Å². The lowest BCUT2D eigenvalue weighted by Crippen LogP contribution is -2.40. The van der Waals surface area contributed by atoms with Gasteiger partial charge in [0.15, 0.2) is 5.94 Å². The molecule has 0 aliphatic carbocycles. The second-order valence-electron chi connectivity index (χ2n) is 3.88. The first kappa shape index (κ1) is 11.6. The molecule has 0 aromatic carbocycles. The Morgan fingerprint density at radius 1 is 1.56 bits per heavy atom. The van der Waals surface area contributed by atoms with Gasteiger partial charge in [-0.15, -0.1) is 0 Å². The lowest BCUT2D eigenvalue weighted by molar-refractivity contribution is 0.130. The van der Waals surface area contributed by atoms with Gasteiger partial charge >= 0.3 is 0 Å². The van der Waals surface area contributed by atoms with E-state index in [1.54, 1.807) is 4.68 Å². The number of aromatic nitrogens is 2. The first-order chi connectivity index (χ1) is 7.49. The van der Waals surface area contributed by atoms with E-state index in [1.807, 2.05) is 20.2 Å². The highest BCUT2D eigenvalue weighted by molar-refractivity contribution is 7.88. The molecular weight excluding hydrogens is 230 g/mol. The van der Waals surface area contributed by atoms with Crippen molar-refractivity contribution in [3.05, 3.63) is 17.5 Å². The van der Waals surface area contributed by atoms with Gasteiger partial charge in [0.25, 0.3) is 0 Å². The molecule has 0 N–H and O–H groups in total. The summed E-state index contributed by atoms with van der Waals surface area (Å²) in [5.41, 5.74) is 1.80. The first-order valence-corrected chi connectivity index (χ1v) is 6.64. The van der Waals surface area contributed by atoms with Crippen LogP contribution in [-0.4, -0.2) is 41.6 Å². The summed E-state index contributed by atoms with van der Waals surface area (Å²) in [7, 11) is -1.43. The molecule has 1 aromatic rings. The van der Waals surface area contributed by atoms with Crippen LogP contribution in [0, 0.1) is 6.92 Å². The summed E-state index contributed by atoms with van der Waals surface area (Å²) in [6.07, 6.45) is 1.85. The number of hydrogen-bond donors (Lipinski definition) is 0. The summed E-state index contributed by atoms with van der Waals surface area (Å²) in [5.74, 6) is -0.216. The molecule has 0 atom stereocenters. The fourth-order valence-electron chi connectivity index (χ4n) is 1.72. The smallest absolute Gasteiger partial charge is 0.238 e. The van der Waals surface area contributed by atoms with Crippen LogP contribution in [0.2, 0.25) is 0 Å². The minimum absolute atomic E-state index is 0.216. The van der Waals surface area contributed by atoms with Gasteiger partial charge in [-0.25, -0.2) is 8.42 Å². The summed E-state index contributed by atoms with van der Waals surface area (Å²) < 4.78 is 31.4. The maximum atomic E-state index is 11.7. The van der Waals surface area contributed by atoms with Crippen molar-refractivity contribution in [3.8, 4) is 0 Å². The highest BCUT2D eigenvalue weighted by atomic mass is 32.2. The average Bonchev–Trinajstić information content (AvgIpc) is 2.49. The molecule has 0 saturated carbocycles. The molecule has 1 saturated heterocycles. The molecule has 1 aliphatic rings. The van der Waals surface area contributed by atoms with Gasteiger partial charge in [0, 0.05) is 31.9 Å². The van der Waals surface area contributed by atoms with Gasteiger partial charge in [0.1, 0.15) is 0 Å². The lowest BCUT2D eigenvalue weighted by atomic mass is 10.2. The van der Waals surface area contributed by atoms with E-state index in [4.69, 9.17) is 4.74 Å². The fraction of sp³-hybridized carbons (Fsp3) is 0.667. The molecule has 6 nitrogen and oxygen atoms in total. The van der Waals surface area contributed by atoms with Crippen LogP contribution in [0.5, 0.6) is 0 Å². The van der Waals surface area contributed by atoms with Crippen molar-refractivity contribution >= 4 is 10.0 Å². The molecular formula is C9H15N3O3S. The summed E-state index contributed by atoms with van der Waals surface area (Å²) in [4.78, 5) is 0. The minimum atomic E-state index is -3.26. The Kier molecular flexibility index (Phi) is 3.00. The topological polar surface area (TPSA) is 64.4 Å². The molecule has 1 aliphatic heterocycles. The van der Waals surface area contributed by atoms with Crippen molar-refractivity contribution in [1.29, 1.82) is 0 Å². The molecule has 0 unspecified atom stereocenters. The van der Waals surface area contributed by atoms with Crippen LogP contribution in [0.1, 0.15) is 11.3 Å². The maximum absolute atomic E-state index is 11.7. The van der Waals surface area contributed by atoms with E-state index in [0.717, 1.165) is 11.3 Å². The molecule has 2 rings (SSSR count). The van der Waals surface area contributed by atoms with E-state index in [9.17, 15) is 8.42 Å². The van der Waals surface area contributed by atoms with Gasteiger partial charge in [-0.05, 0) is 6.92 Å².